The number of rotatable bonds is 2. The first-order valence-electron chi connectivity index (χ1n) is 4.99. The predicted octanol–water partition coefficient (Wildman–Crippen LogP) is 3.37. The van der Waals surface area contributed by atoms with Gasteiger partial charge in [0.25, 0.3) is 0 Å². The molecule has 0 aliphatic carbocycles. The van der Waals surface area contributed by atoms with Gasteiger partial charge in [0.1, 0.15) is 5.82 Å². The van der Waals surface area contributed by atoms with E-state index in [2.05, 4.69) is 5.10 Å². The quantitative estimate of drug-likeness (QED) is 0.734. The van der Waals surface area contributed by atoms with Gasteiger partial charge in [0.15, 0.2) is 0 Å². The molecule has 0 saturated heterocycles. The third-order valence-electron chi connectivity index (χ3n) is 2.64. The summed E-state index contributed by atoms with van der Waals surface area (Å²) in [5.41, 5.74) is 3.72. The number of halogens is 2. The number of alkyl halides is 1. The normalized spacial score (nSPS) is 10.8. The summed E-state index contributed by atoms with van der Waals surface area (Å²) in [7, 11) is 0. The van der Waals surface area contributed by atoms with Crippen LogP contribution < -0.4 is 0 Å². The van der Waals surface area contributed by atoms with Crippen LogP contribution in [0, 0.1) is 19.7 Å². The van der Waals surface area contributed by atoms with Crippen LogP contribution in [0.25, 0.3) is 5.69 Å². The van der Waals surface area contributed by atoms with Crippen LogP contribution in [0.5, 0.6) is 0 Å². The van der Waals surface area contributed by atoms with Crippen molar-refractivity contribution in [2.24, 2.45) is 0 Å². The largest absolute Gasteiger partial charge is 0.238 e. The smallest absolute Gasteiger partial charge is 0.123 e. The van der Waals surface area contributed by atoms with Gasteiger partial charge in [-0.15, -0.1) is 11.6 Å². The third-order valence-corrected chi connectivity index (χ3v) is 2.93. The Hall–Kier alpha value is -1.35. The number of hydrogen-bond acceptors (Lipinski definition) is 1. The van der Waals surface area contributed by atoms with E-state index >= 15 is 0 Å². The maximum atomic E-state index is 13.0. The first kappa shape index (κ1) is 11.1. The van der Waals surface area contributed by atoms with Crippen LogP contribution in [0.3, 0.4) is 0 Å². The molecule has 0 amide bonds. The topological polar surface area (TPSA) is 17.8 Å². The van der Waals surface area contributed by atoms with Gasteiger partial charge in [-0.05, 0) is 37.6 Å². The summed E-state index contributed by atoms with van der Waals surface area (Å²) in [5, 5.41) is 4.26. The molecule has 1 aromatic carbocycles. The number of aromatic nitrogens is 2. The van der Waals surface area contributed by atoms with Gasteiger partial charge in [0.05, 0.1) is 17.8 Å². The summed E-state index contributed by atoms with van der Waals surface area (Å²) in [5.74, 6) is 0.204. The minimum atomic E-state index is -0.233. The second-order valence-electron chi connectivity index (χ2n) is 3.73. The van der Waals surface area contributed by atoms with E-state index in [9.17, 15) is 4.39 Å². The van der Waals surface area contributed by atoms with Gasteiger partial charge in [0, 0.05) is 11.3 Å². The van der Waals surface area contributed by atoms with Crippen LogP contribution in [-0.2, 0) is 5.88 Å². The molecule has 0 atom stereocenters. The van der Waals surface area contributed by atoms with Crippen molar-refractivity contribution in [2.75, 3.05) is 0 Å². The molecule has 0 spiro atoms. The van der Waals surface area contributed by atoms with Gasteiger partial charge in [-0.25, -0.2) is 9.07 Å². The lowest BCUT2D eigenvalue weighted by Gasteiger charge is -2.08. The molecule has 2 nitrogen and oxygen atoms in total. The summed E-state index contributed by atoms with van der Waals surface area (Å²) in [6.07, 6.45) is 1.74. The molecule has 1 aromatic heterocycles. The summed E-state index contributed by atoms with van der Waals surface area (Å²) in [6, 6.07) is 4.66. The van der Waals surface area contributed by atoms with Crippen molar-refractivity contribution in [1.82, 2.24) is 9.78 Å². The Balaban J connectivity index is 2.54. The van der Waals surface area contributed by atoms with E-state index in [1.54, 1.807) is 16.9 Å². The fourth-order valence-electron chi connectivity index (χ4n) is 1.67. The van der Waals surface area contributed by atoms with Crippen molar-refractivity contribution in [3.8, 4) is 5.69 Å². The molecule has 4 heteroatoms. The van der Waals surface area contributed by atoms with Crippen molar-refractivity contribution < 1.29 is 4.39 Å². The monoisotopic (exact) mass is 238 g/mol. The molecule has 84 valence electrons. The van der Waals surface area contributed by atoms with E-state index in [1.165, 1.54) is 12.1 Å². The molecule has 0 bridgehead atoms. The highest BCUT2D eigenvalue weighted by Gasteiger charge is 2.09. The summed E-state index contributed by atoms with van der Waals surface area (Å²) < 4.78 is 14.8. The second kappa shape index (κ2) is 4.26. The molecule has 0 fully saturated rings. The lowest BCUT2D eigenvalue weighted by atomic mass is 10.2. The Morgan fingerprint density at radius 1 is 1.38 bits per heavy atom. The minimum Gasteiger partial charge on any atom is -0.238 e. The Labute approximate surface area is 98.7 Å². The standard InChI is InChI=1S/C12H12ClFN2/c1-8-5-11(14)3-4-12(8)16-9(2)10(6-13)7-15-16/h3-5,7H,6H2,1-2H3. The maximum absolute atomic E-state index is 13.0. The zero-order chi connectivity index (χ0) is 11.7. The molecule has 0 saturated carbocycles. The fourth-order valence-corrected chi connectivity index (χ4v) is 1.94. The SMILES string of the molecule is Cc1cc(F)ccc1-n1ncc(CCl)c1C. The Bertz CT molecular complexity index is 520. The molecule has 0 aliphatic rings. The molecular weight excluding hydrogens is 227 g/mol. The van der Waals surface area contributed by atoms with Crippen LogP contribution in [0.2, 0.25) is 0 Å². The number of benzene rings is 1. The number of aryl methyl sites for hydroxylation is 1. The van der Waals surface area contributed by atoms with Crippen molar-refractivity contribution >= 4 is 11.6 Å². The van der Waals surface area contributed by atoms with E-state index in [0.29, 0.717) is 5.88 Å². The van der Waals surface area contributed by atoms with E-state index in [-0.39, 0.29) is 5.82 Å². The minimum absolute atomic E-state index is 0.233. The highest BCUT2D eigenvalue weighted by Crippen LogP contribution is 2.19. The van der Waals surface area contributed by atoms with Gasteiger partial charge in [-0.1, -0.05) is 0 Å². The molecule has 0 N–H and O–H groups in total. The Kier molecular flexibility index (Phi) is 2.97. The highest BCUT2D eigenvalue weighted by molar-refractivity contribution is 6.17. The molecular formula is C12H12ClFN2. The lowest BCUT2D eigenvalue weighted by Crippen LogP contribution is -2.02. The molecule has 2 rings (SSSR count). The Morgan fingerprint density at radius 3 is 2.69 bits per heavy atom. The summed E-state index contributed by atoms with van der Waals surface area (Å²) in [6.45, 7) is 3.81. The fraction of sp³-hybridized carbons (Fsp3) is 0.250. The highest BCUT2D eigenvalue weighted by atomic mass is 35.5. The van der Waals surface area contributed by atoms with Crippen molar-refractivity contribution in [3.63, 3.8) is 0 Å². The third kappa shape index (κ3) is 1.83. The van der Waals surface area contributed by atoms with Crippen LogP contribution in [-0.4, -0.2) is 9.78 Å². The number of hydrogen-bond donors (Lipinski definition) is 0. The predicted molar refractivity (Wildman–Crippen MR) is 62.6 cm³/mol. The second-order valence-corrected chi connectivity index (χ2v) is 4.00. The van der Waals surface area contributed by atoms with Gasteiger partial charge < -0.3 is 0 Å². The van der Waals surface area contributed by atoms with Crippen molar-refractivity contribution in [3.05, 3.63) is 47.0 Å². The van der Waals surface area contributed by atoms with Gasteiger partial charge in [0.2, 0.25) is 0 Å². The Morgan fingerprint density at radius 2 is 2.12 bits per heavy atom. The number of nitrogens with zero attached hydrogens (tertiary/aromatic N) is 2. The van der Waals surface area contributed by atoms with Gasteiger partial charge in [-0.2, -0.15) is 5.10 Å². The molecule has 16 heavy (non-hydrogen) atoms. The first-order valence-corrected chi connectivity index (χ1v) is 5.53. The van der Waals surface area contributed by atoms with E-state index in [0.717, 1.165) is 22.5 Å². The summed E-state index contributed by atoms with van der Waals surface area (Å²) in [4.78, 5) is 0. The van der Waals surface area contributed by atoms with Crippen LogP contribution in [0.4, 0.5) is 4.39 Å². The van der Waals surface area contributed by atoms with Gasteiger partial charge >= 0.3 is 0 Å². The van der Waals surface area contributed by atoms with E-state index in [4.69, 9.17) is 11.6 Å². The molecule has 2 aromatic rings. The molecule has 0 radical (unpaired) electrons. The molecule has 0 unspecified atom stereocenters. The van der Waals surface area contributed by atoms with E-state index in [1.807, 2.05) is 13.8 Å². The van der Waals surface area contributed by atoms with Crippen LogP contribution in [0.1, 0.15) is 16.8 Å². The lowest BCUT2D eigenvalue weighted by molar-refractivity contribution is 0.625. The van der Waals surface area contributed by atoms with Crippen molar-refractivity contribution in [2.45, 2.75) is 19.7 Å². The van der Waals surface area contributed by atoms with Crippen LogP contribution >= 0.6 is 11.6 Å². The zero-order valence-corrected chi connectivity index (χ0v) is 9.92. The van der Waals surface area contributed by atoms with Crippen molar-refractivity contribution in [1.29, 1.82) is 0 Å². The maximum Gasteiger partial charge on any atom is 0.123 e. The molecule has 0 aliphatic heterocycles. The summed E-state index contributed by atoms with van der Waals surface area (Å²) >= 11 is 5.78. The average Bonchev–Trinajstić information content (AvgIpc) is 2.60. The molecule has 1 heterocycles. The van der Waals surface area contributed by atoms with E-state index < -0.39 is 0 Å². The zero-order valence-electron chi connectivity index (χ0n) is 9.17. The average molecular weight is 239 g/mol. The first-order chi connectivity index (χ1) is 7.63. The van der Waals surface area contributed by atoms with Gasteiger partial charge in [-0.3, -0.25) is 0 Å². The van der Waals surface area contributed by atoms with Crippen LogP contribution in [0.15, 0.2) is 24.4 Å².